The normalized spacial score (nSPS) is 11.1. The number of anilines is 1. The Morgan fingerprint density at radius 1 is 1.12 bits per heavy atom. The van der Waals surface area contributed by atoms with Crippen LogP contribution >= 0.6 is 11.6 Å². The maximum absolute atomic E-state index is 13.7. The minimum Gasteiger partial charge on any atom is -0.452 e. The summed E-state index contributed by atoms with van der Waals surface area (Å²) in [7, 11) is -4.16. The average Bonchev–Trinajstić information content (AvgIpc) is 2.55. The van der Waals surface area contributed by atoms with Crippen LogP contribution in [0.5, 0.6) is 0 Å². The fourth-order valence-corrected chi connectivity index (χ4v) is 2.54. The number of primary sulfonamides is 1. The zero-order valence-electron chi connectivity index (χ0n) is 12.8. The van der Waals surface area contributed by atoms with Gasteiger partial charge in [-0.25, -0.2) is 27.1 Å². The van der Waals surface area contributed by atoms with Crippen molar-refractivity contribution in [1.82, 2.24) is 0 Å². The van der Waals surface area contributed by atoms with Crippen LogP contribution in [0, 0.1) is 11.6 Å². The number of ether oxygens (including phenoxy) is 1. The average molecular weight is 405 g/mol. The summed E-state index contributed by atoms with van der Waals surface area (Å²) < 4.78 is 54.3. The third kappa shape index (κ3) is 4.97. The van der Waals surface area contributed by atoms with Crippen LogP contribution in [0.1, 0.15) is 10.4 Å². The first-order chi connectivity index (χ1) is 12.1. The summed E-state index contributed by atoms with van der Waals surface area (Å²) in [5.41, 5.74) is -0.959. The van der Waals surface area contributed by atoms with Gasteiger partial charge in [0, 0.05) is 5.02 Å². The van der Waals surface area contributed by atoms with Gasteiger partial charge in [0.2, 0.25) is 10.0 Å². The number of carbonyl (C=O) groups is 2. The number of nitrogens with two attached hydrogens (primary N) is 1. The lowest BCUT2D eigenvalue weighted by molar-refractivity contribution is -0.119. The molecule has 0 saturated carbocycles. The Hall–Kier alpha value is -2.56. The van der Waals surface area contributed by atoms with Crippen molar-refractivity contribution >= 4 is 39.2 Å². The van der Waals surface area contributed by atoms with Gasteiger partial charge in [0.25, 0.3) is 5.91 Å². The van der Waals surface area contributed by atoms with E-state index in [9.17, 15) is 26.8 Å². The van der Waals surface area contributed by atoms with Gasteiger partial charge < -0.3 is 10.1 Å². The summed E-state index contributed by atoms with van der Waals surface area (Å²) in [6.45, 7) is -0.871. The highest BCUT2D eigenvalue weighted by atomic mass is 35.5. The third-order valence-electron chi connectivity index (χ3n) is 3.02. The molecule has 26 heavy (non-hydrogen) atoms. The van der Waals surface area contributed by atoms with Gasteiger partial charge in [0.15, 0.2) is 6.61 Å². The Kier molecular flexibility index (Phi) is 5.90. The van der Waals surface area contributed by atoms with Crippen LogP contribution in [0.3, 0.4) is 0 Å². The van der Waals surface area contributed by atoms with Gasteiger partial charge >= 0.3 is 5.97 Å². The van der Waals surface area contributed by atoms with Crippen molar-refractivity contribution in [2.24, 2.45) is 5.14 Å². The van der Waals surface area contributed by atoms with Crippen LogP contribution < -0.4 is 10.5 Å². The molecule has 0 aliphatic rings. The fourth-order valence-electron chi connectivity index (χ4n) is 1.83. The minimum atomic E-state index is -4.16. The molecular formula is C15H11ClF2N2O5S. The molecule has 0 unspecified atom stereocenters. The van der Waals surface area contributed by atoms with E-state index in [0.29, 0.717) is 6.07 Å². The Morgan fingerprint density at radius 3 is 2.42 bits per heavy atom. The zero-order chi connectivity index (χ0) is 19.5. The Morgan fingerprint density at radius 2 is 1.77 bits per heavy atom. The number of hydrogen-bond acceptors (Lipinski definition) is 5. The molecule has 0 heterocycles. The molecule has 0 atom stereocenters. The van der Waals surface area contributed by atoms with Crippen LogP contribution in [0.15, 0.2) is 41.3 Å². The highest BCUT2D eigenvalue weighted by Crippen LogP contribution is 2.19. The van der Waals surface area contributed by atoms with Gasteiger partial charge in [0.1, 0.15) is 11.6 Å². The molecule has 7 nitrogen and oxygen atoms in total. The van der Waals surface area contributed by atoms with Crippen LogP contribution in [0.2, 0.25) is 5.02 Å². The van der Waals surface area contributed by atoms with Gasteiger partial charge in [-0.15, -0.1) is 0 Å². The van der Waals surface area contributed by atoms with E-state index in [0.717, 1.165) is 24.3 Å². The van der Waals surface area contributed by atoms with E-state index in [2.05, 4.69) is 10.1 Å². The fraction of sp³-hybridized carbons (Fsp3) is 0.0667. The summed E-state index contributed by atoms with van der Waals surface area (Å²) in [6.07, 6.45) is 0. The highest BCUT2D eigenvalue weighted by molar-refractivity contribution is 7.89. The second-order valence-corrected chi connectivity index (χ2v) is 6.93. The van der Waals surface area contributed by atoms with Crippen molar-refractivity contribution in [3.8, 4) is 0 Å². The maximum Gasteiger partial charge on any atom is 0.341 e. The molecule has 2 aromatic rings. The Balaban J connectivity index is 2.06. The third-order valence-corrected chi connectivity index (χ3v) is 4.17. The van der Waals surface area contributed by atoms with Crippen molar-refractivity contribution < 1.29 is 31.5 Å². The number of rotatable bonds is 5. The minimum absolute atomic E-state index is 0.167. The first kappa shape index (κ1) is 19.8. The monoisotopic (exact) mass is 404 g/mol. The number of hydrogen-bond donors (Lipinski definition) is 2. The molecule has 0 fully saturated rings. The van der Waals surface area contributed by atoms with Gasteiger partial charge in [-0.2, -0.15) is 0 Å². The molecule has 0 radical (unpaired) electrons. The number of amides is 1. The predicted octanol–water partition coefficient (Wildman–Crippen LogP) is 2.06. The molecule has 0 spiro atoms. The molecule has 3 N–H and O–H groups in total. The lowest BCUT2D eigenvalue weighted by Crippen LogP contribution is -2.22. The molecule has 0 aliphatic heterocycles. The van der Waals surface area contributed by atoms with Crippen LogP contribution in [-0.2, 0) is 19.6 Å². The first-order valence-electron chi connectivity index (χ1n) is 6.82. The standard InChI is InChI=1S/C15H11ClF2N2O5S/c16-8-1-3-12(18)13(5-8)20-14(21)7-25-15(22)10-6-9(26(19,23)24)2-4-11(10)17/h1-6H,7H2,(H,20,21)(H2,19,23,24). The molecule has 0 aliphatic carbocycles. The van der Waals surface area contributed by atoms with Gasteiger partial charge in [-0.05, 0) is 36.4 Å². The van der Waals surface area contributed by atoms with Crippen molar-refractivity contribution in [3.05, 3.63) is 58.6 Å². The summed E-state index contributed by atoms with van der Waals surface area (Å²) in [5, 5.41) is 7.19. The molecule has 2 rings (SSSR count). The molecule has 138 valence electrons. The smallest absolute Gasteiger partial charge is 0.341 e. The molecule has 11 heteroatoms. The second-order valence-electron chi connectivity index (χ2n) is 4.94. The lowest BCUT2D eigenvalue weighted by atomic mass is 10.2. The van der Waals surface area contributed by atoms with E-state index in [1.165, 1.54) is 6.07 Å². The molecular weight excluding hydrogens is 394 g/mol. The molecule has 0 bridgehead atoms. The highest BCUT2D eigenvalue weighted by Gasteiger charge is 2.19. The quantitative estimate of drug-likeness (QED) is 0.740. The molecule has 0 aromatic heterocycles. The number of sulfonamides is 1. The molecule has 1 amide bonds. The number of esters is 1. The van der Waals surface area contributed by atoms with Gasteiger partial charge in [-0.1, -0.05) is 11.6 Å². The number of benzene rings is 2. The Bertz CT molecular complexity index is 982. The van der Waals surface area contributed by atoms with E-state index in [-0.39, 0.29) is 10.7 Å². The number of carbonyl (C=O) groups excluding carboxylic acids is 2. The second kappa shape index (κ2) is 7.77. The van der Waals surface area contributed by atoms with Crippen LogP contribution in [0.4, 0.5) is 14.5 Å². The zero-order valence-corrected chi connectivity index (χ0v) is 14.4. The predicted molar refractivity (Wildman–Crippen MR) is 88.1 cm³/mol. The number of nitrogens with one attached hydrogen (secondary N) is 1. The van der Waals surface area contributed by atoms with Crippen molar-refractivity contribution in [3.63, 3.8) is 0 Å². The first-order valence-corrected chi connectivity index (χ1v) is 8.75. The topological polar surface area (TPSA) is 116 Å². The number of halogens is 3. The van der Waals surface area contributed by atoms with Crippen LogP contribution in [-0.4, -0.2) is 26.9 Å². The summed E-state index contributed by atoms with van der Waals surface area (Å²) >= 11 is 5.67. The van der Waals surface area contributed by atoms with E-state index in [4.69, 9.17) is 16.7 Å². The lowest BCUT2D eigenvalue weighted by Gasteiger charge is -2.09. The van der Waals surface area contributed by atoms with Gasteiger partial charge in [0.05, 0.1) is 16.1 Å². The van der Waals surface area contributed by atoms with Crippen molar-refractivity contribution in [2.45, 2.75) is 4.90 Å². The van der Waals surface area contributed by atoms with E-state index in [1.807, 2.05) is 0 Å². The Labute approximate surface area is 151 Å². The maximum atomic E-state index is 13.7. The SMILES string of the molecule is NS(=O)(=O)c1ccc(F)c(C(=O)OCC(=O)Nc2cc(Cl)ccc2F)c1. The van der Waals surface area contributed by atoms with Crippen molar-refractivity contribution in [2.75, 3.05) is 11.9 Å². The largest absolute Gasteiger partial charge is 0.452 e. The van der Waals surface area contributed by atoms with Crippen LogP contribution in [0.25, 0.3) is 0 Å². The van der Waals surface area contributed by atoms with E-state index < -0.39 is 50.6 Å². The summed E-state index contributed by atoms with van der Waals surface area (Å²) in [4.78, 5) is 23.1. The van der Waals surface area contributed by atoms with Gasteiger partial charge in [-0.3, -0.25) is 4.79 Å². The summed E-state index contributed by atoms with van der Waals surface area (Å²) in [6, 6.07) is 5.72. The van der Waals surface area contributed by atoms with Crippen molar-refractivity contribution in [1.29, 1.82) is 0 Å². The van der Waals surface area contributed by atoms with E-state index >= 15 is 0 Å². The molecule has 0 saturated heterocycles. The summed E-state index contributed by atoms with van der Waals surface area (Å²) in [5.74, 6) is -4.04. The van der Waals surface area contributed by atoms with E-state index in [1.54, 1.807) is 0 Å². The molecule has 2 aromatic carbocycles.